The van der Waals surface area contributed by atoms with Crippen LogP contribution in [0.3, 0.4) is 0 Å². The molecule has 0 spiro atoms. The highest BCUT2D eigenvalue weighted by atomic mass is 16.5. The number of hydrogen-bond acceptors (Lipinski definition) is 7. The molecule has 0 atom stereocenters. The Morgan fingerprint density at radius 1 is 0.211 bits per heavy atom. The maximum Gasteiger partial charge on any atom is 0.260 e. The highest BCUT2D eigenvalue weighted by Gasteiger charge is 2.44. The molecule has 123 heavy (non-hydrogen) atoms. The lowest BCUT2D eigenvalue weighted by molar-refractivity contribution is 0.464. The van der Waals surface area contributed by atoms with Gasteiger partial charge in [-0.1, -0.05) is 237 Å². The van der Waals surface area contributed by atoms with Crippen LogP contribution in [-0.2, 0) is 0 Å². The largest absolute Gasteiger partial charge is 0.458 e. The van der Waals surface area contributed by atoms with Crippen LogP contribution in [0.1, 0.15) is 16.7 Å². The smallest absolute Gasteiger partial charge is 0.260 e. The molecular formula is C111H74B3N3O6. The Balaban J connectivity index is 0.000000104. The van der Waals surface area contributed by atoms with Crippen LogP contribution >= 0.6 is 0 Å². The Kier molecular flexibility index (Phi) is 16.8. The molecule has 12 heteroatoms. The summed E-state index contributed by atoms with van der Waals surface area (Å²) in [5, 5.41) is 5.07. The quantitative estimate of drug-likeness (QED) is 0.140. The Labute approximate surface area is 713 Å². The van der Waals surface area contributed by atoms with Crippen LogP contribution in [0.15, 0.2) is 394 Å². The van der Waals surface area contributed by atoms with E-state index in [-0.39, 0.29) is 20.1 Å². The fourth-order valence-electron chi connectivity index (χ4n) is 20.0. The molecule has 0 saturated carbocycles. The second-order valence-corrected chi connectivity index (χ2v) is 32.5. The van der Waals surface area contributed by atoms with Crippen molar-refractivity contribution in [3.8, 4) is 114 Å². The molecule has 0 N–H and O–H groups in total. The Bertz CT molecular complexity index is 7390. The molecule has 0 bridgehead atoms. The van der Waals surface area contributed by atoms with Gasteiger partial charge in [0.25, 0.3) is 20.1 Å². The third kappa shape index (κ3) is 11.8. The molecule has 2 aromatic heterocycles. The molecular weight excluding hydrogens is 1500 g/mol. The zero-order valence-corrected chi connectivity index (χ0v) is 67.6. The first kappa shape index (κ1) is 71.5. The van der Waals surface area contributed by atoms with Crippen molar-refractivity contribution in [1.29, 1.82) is 0 Å². The van der Waals surface area contributed by atoms with Crippen LogP contribution in [0.5, 0.6) is 69.0 Å². The van der Waals surface area contributed by atoms with Gasteiger partial charge in [0.1, 0.15) is 69.0 Å². The molecule has 0 unspecified atom stereocenters. The first-order chi connectivity index (χ1) is 60.7. The van der Waals surface area contributed by atoms with Gasteiger partial charge in [0, 0.05) is 66.4 Å². The minimum Gasteiger partial charge on any atom is -0.458 e. The Morgan fingerprint density at radius 2 is 0.512 bits per heavy atom. The number of aryl methyl sites for hydroxylation is 3. The lowest BCUT2D eigenvalue weighted by atomic mass is 9.35. The summed E-state index contributed by atoms with van der Waals surface area (Å²) >= 11 is 0. The van der Waals surface area contributed by atoms with Crippen LogP contribution in [-0.4, -0.2) is 29.3 Å². The van der Waals surface area contributed by atoms with E-state index >= 15 is 0 Å². The maximum absolute atomic E-state index is 6.54. The second kappa shape index (κ2) is 28.8. The summed E-state index contributed by atoms with van der Waals surface area (Å²) in [6.45, 7) is 6.81. The molecule has 0 amide bonds. The summed E-state index contributed by atoms with van der Waals surface area (Å²) in [5.41, 5.74) is 31.1. The van der Waals surface area contributed by atoms with Crippen molar-refractivity contribution in [3.63, 3.8) is 0 Å². The van der Waals surface area contributed by atoms with E-state index in [0.29, 0.717) is 0 Å². The lowest BCUT2D eigenvalue weighted by Crippen LogP contribution is -2.57. The SMILES string of the molecule is Cc1cc(-c2cc3c4c(c2)Oc2ccccc2B4c2ccccc2O3)ccc1-n1c2ccccc2c2ccccc21.Cc1cc(-n2c3ccccc3c3ccccc32)ccc1-c1cc2c3c(c1)Oc1ccccc1B3c1ccccc1O2.Cc1cc(N(c2ccccc2)c2ccccc2)ccc1-c1cc2c3c(c1)Oc1ccccc1B3c1ccccc1O2. The minimum absolute atomic E-state index is 0.0812. The van der Waals surface area contributed by atoms with E-state index in [2.05, 4.69) is 393 Å². The predicted octanol–water partition coefficient (Wildman–Crippen LogP) is 22.8. The molecule has 6 aliphatic rings. The summed E-state index contributed by atoms with van der Waals surface area (Å²) in [7, 11) is 0. The molecule has 18 aromatic carbocycles. The van der Waals surface area contributed by atoms with Gasteiger partial charge in [-0.2, -0.15) is 0 Å². The molecule has 0 saturated heterocycles. The van der Waals surface area contributed by atoms with Gasteiger partial charge in [0.2, 0.25) is 0 Å². The van der Waals surface area contributed by atoms with Gasteiger partial charge >= 0.3 is 0 Å². The Hall–Kier alpha value is -15.6. The van der Waals surface area contributed by atoms with Crippen molar-refractivity contribution in [2.75, 3.05) is 4.90 Å². The number of anilines is 3. The number of aromatic nitrogens is 2. The van der Waals surface area contributed by atoms with E-state index in [4.69, 9.17) is 28.4 Å². The van der Waals surface area contributed by atoms with E-state index in [1.54, 1.807) is 0 Å². The standard InChI is InChI=1S/2C37H24BNO2.C37H26BNO2/c1-23-20-25(39-31-14-6-2-10-27(31)28-11-3-7-15-32(28)39)18-19-26(23)24-21-35-37-36(22-24)41-34-17-9-5-13-30(34)38(37)29-12-4-8-16-33(29)40-35;1-23-20-24(18-19-30(23)39-31-14-6-2-10-26(31)27-11-3-7-15-32(27)39)25-21-35-37-36(22-25)41-34-17-9-5-13-29(34)38(37)28-12-4-8-16-33(28)40-35;1-25-22-29(39(27-12-4-2-5-13-27)28-14-6-3-7-15-28)20-21-30(25)26-23-35-37-36(24-26)41-34-19-11-9-17-32(34)38(37)31-16-8-10-18-33(31)40-35/h2*2-22H,1H3;2-24H,1H3. The topological polar surface area (TPSA) is 68.5 Å². The zero-order valence-electron chi connectivity index (χ0n) is 67.6. The molecule has 6 aliphatic heterocycles. The predicted molar refractivity (Wildman–Crippen MR) is 506 cm³/mol. The normalized spacial score (nSPS) is 12.7. The highest BCUT2D eigenvalue weighted by Crippen LogP contribution is 2.46. The lowest BCUT2D eigenvalue weighted by Gasteiger charge is -2.33. The molecule has 0 fully saturated rings. The maximum atomic E-state index is 6.54. The van der Waals surface area contributed by atoms with Crippen molar-refractivity contribution >= 4 is 130 Å². The number of fused-ring (bicyclic) bond motifs is 18. The van der Waals surface area contributed by atoms with E-state index < -0.39 is 0 Å². The molecule has 0 radical (unpaired) electrons. The van der Waals surface area contributed by atoms with Gasteiger partial charge in [0.05, 0.1) is 22.1 Å². The fraction of sp³-hybridized carbons (Fsp3) is 0.0270. The Morgan fingerprint density at radius 3 is 0.854 bits per heavy atom. The fourth-order valence-corrected chi connectivity index (χ4v) is 20.0. The van der Waals surface area contributed by atoms with Crippen molar-refractivity contribution in [3.05, 3.63) is 411 Å². The van der Waals surface area contributed by atoms with Crippen molar-refractivity contribution in [1.82, 2.24) is 9.13 Å². The number of para-hydroxylation sites is 12. The average Bonchev–Trinajstić information content (AvgIpc) is 1.61. The van der Waals surface area contributed by atoms with Crippen LogP contribution in [0.2, 0.25) is 0 Å². The second-order valence-electron chi connectivity index (χ2n) is 32.5. The summed E-state index contributed by atoms with van der Waals surface area (Å²) in [6.07, 6.45) is 0. The first-order valence-electron chi connectivity index (χ1n) is 42.1. The summed E-state index contributed by atoms with van der Waals surface area (Å²) in [4.78, 5) is 2.29. The van der Waals surface area contributed by atoms with E-state index in [9.17, 15) is 0 Å². The highest BCUT2D eigenvalue weighted by molar-refractivity contribution is 6.99. The average molecular weight is 1580 g/mol. The van der Waals surface area contributed by atoms with Crippen molar-refractivity contribution in [2.24, 2.45) is 0 Å². The van der Waals surface area contributed by atoms with Crippen LogP contribution < -0.4 is 82.5 Å². The van der Waals surface area contributed by atoms with Crippen LogP contribution in [0.25, 0.3) is 88.4 Å². The van der Waals surface area contributed by atoms with Gasteiger partial charge in [-0.25, -0.2) is 0 Å². The first-order valence-corrected chi connectivity index (χ1v) is 42.1. The van der Waals surface area contributed by atoms with Gasteiger partial charge in [-0.15, -0.1) is 0 Å². The van der Waals surface area contributed by atoms with E-state index in [1.807, 2.05) is 36.4 Å². The molecule has 9 nitrogen and oxygen atoms in total. The van der Waals surface area contributed by atoms with Crippen molar-refractivity contribution < 1.29 is 28.4 Å². The van der Waals surface area contributed by atoms with Gasteiger partial charge in [0.15, 0.2) is 0 Å². The molecule has 26 rings (SSSR count). The zero-order chi connectivity index (χ0) is 81.5. The number of nitrogens with zero attached hydrogens (tertiary/aromatic N) is 3. The van der Waals surface area contributed by atoms with Gasteiger partial charge in [-0.3, -0.25) is 0 Å². The minimum atomic E-state index is 0.0812. The molecule has 578 valence electrons. The number of hydrogen-bond donors (Lipinski definition) is 0. The van der Waals surface area contributed by atoms with E-state index in [0.717, 1.165) is 142 Å². The summed E-state index contributed by atoms with van der Waals surface area (Å²) in [6, 6.07) is 139. The van der Waals surface area contributed by atoms with Crippen LogP contribution in [0.4, 0.5) is 17.1 Å². The number of ether oxygens (including phenoxy) is 6. The van der Waals surface area contributed by atoms with Gasteiger partial charge < -0.3 is 42.5 Å². The number of benzene rings is 18. The molecule has 20 aromatic rings. The van der Waals surface area contributed by atoms with E-state index in [1.165, 1.54) is 98.8 Å². The molecule has 0 aliphatic carbocycles. The summed E-state index contributed by atoms with van der Waals surface area (Å²) in [5.74, 6) is 10.6. The van der Waals surface area contributed by atoms with Crippen LogP contribution in [0, 0.1) is 20.8 Å². The summed E-state index contributed by atoms with van der Waals surface area (Å²) < 4.78 is 43.9. The monoisotopic (exact) mass is 1580 g/mol. The molecule has 8 heterocycles. The number of rotatable bonds is 8. The van der Waals surface area contributed by atoms with Gasteiger partial charge in [-0.05, 0) is 261 Å². The third-order valence-corrected chi connectivity index (χ3v) is 25.4. The third-order valence-electron chi connectivity index (χ3n) is 25.4. The van der Waals surface area contributed by atoms with Crippen molar-refractivity contribution in [2.45, 2.75) is 20.8 Å².